The number of aromatic nitrogens is 2. The molecule has 2 atom stereocenters. The van der Waals surface area contributed by atoms with Crippen molar-refractivity contribution < 1.29 is 14.6 Å². The Morgan fingerprint density at radius 1 is 1.12 bits per heavy atom. The van der Waals surface area contributed by atoms with Crippen molar-refractivity contribution >= 4 is 0 Å². The molecule has 0 aliphatic carbocycles. The van der Waals surface area contributed by atoms with E-state index in [4.69, 9.17) is 9.47 Å². The summed E-state index contributed by atoms with van der Waals surface area (Å²) in [6, 6.07) is 16.2. The lowest BCUT2D eigenvalue weighted by Crippen LogP contribution is -2.56. The Kier molecular flexibility index (Phi) is 6.82. The first-order valence-corrected chi connectivity index (χ1v) is 11.3. The minimum absolute atomic E-state index is 0.213. The van der Waals surface area contributed by atoms with Gasteiger partial charge in [0, 0.05) is 32.0 Å². The molecule has 170 valence electrons. The number of imidazole rings is 1. The van der Waals surface area contributed by atoms with Gasteiger partial charge in [0.25, 0.3) is 0 Å². The van der Waals surface area contributed by atoms with Gasteiger partial charge in [0.2, 0.25) is 0 Å². The van der Waals surface area contributed by atoms with Crippen LogP contribution in [0.5, 0.6) is 11.5 Å². The zero-order valence-corrected chi connectivity index (χ0v) is 19.2. The van der Waals surface area contributed by atoms with Crippen LogP contribution in [0.25, 0.3) is 0 Å². The first-order chi connectivity index (χ1) is 15.4. The summed E-state index contributed by atoms with van der Waals surface area (Å²) in [7, 11) is 0. The van der Waals surface area contributed by atoms with Crippen LogP contribution in [0.15, 0.2) is 60.9 Å². The van der Waals surface area contributed by atoms with Crippen molar-refractivity contribution in [2.45, 2.75) is 52.0 Å². The second-order valence-corrected chi connectivity index (χ2v) is 8.94. The second-order valence-electron chi connectivity index (χ2n) is 8.94. The molecule has 1 aromatic heterocycles. The number of likely N-dealkylation sites (tertiary alicyclic amines) is 1. The van der Waals surface area contributed by atoms with E-state index in [1.807, 2.05) is 63.4 Å². The van der Waals surface area contributed by atoms with Crippen LogP contribution >= 0.6 is 0 Å². The summed E-state index contributed by atoms with van der Waals surface area (Å²) in [4.78, 5) is 6.51. The molecule has 0 unspecified atom stereocenters. The van der Waals surface area contributed by atoms with Gasteiger partial charge in [-0.1, -0.05) is 24.3 Å². The number of nitrogens with zero attached hydrogens (tertiary/aromatic N) is 3. The van der Waals surface area contributed by atoms with Gasteiger partial charge in [0.15, 0.2) is 0 Å². The largest absolute Gasteiger partial charge is 0.492 e. The van der Waals surface area contributed by atoms with Crippen molar-refractivity contribution in [2.75, 3.05) is 19.7 Å². The molecule has 1 saturated heterocycles. The average molecular weight is 436 g/mol. The van der Waals surface area contributed by atoms with E-state index in [1.165, 1.54) is 5.56 Å². The third kappa shape index (κ3) is 5.69. The fourth-order valence-corrected chi connectivity index (χ4v) is 4.27. The van der Waals surface area contributed by atoms with E-state index in [0.29, 0.717) is 13.2 Å². The van der Waals surface area contributed by atoms with E-state index >= 15 is 0 Å². The maximum Gasteiger partial charge on any atom is 0.129 e. The summed E-state index contributed by atoms with van der Waals surface area (Å²) >= 11 is 0. The summed E-state index contributed by atoms with van der Waals surface area (Å²) in [5, 5.41) is 11.1. The molecular weight excluding hydrogens is 402 g/mol. The molecule has 0 saturated carbocycles. The summed E-state index contributed by atoms with van der Waals surface area (Å²) in [5.74, 6) is 2.68. The molecule has 3 aromatic rings. The zero-order chi connectivity index (χ0) is 22.6. The number of benzene rings is 2. The topological polar surface area (TPSA) is 59.8 Å². The lowest BCUT2D eigenvalue weighted by atomic mass is 9.91. The summed E-state index contributed by atoms with van der Waals surface area (Å²) in [5.41, 5.74) is 1.46. The van der Waals surface area contributed by atoms with Gasteiger partial charge in [0.05, 0.1) is 6.54 Å². The predicted octanol–water partition coefficient (Wildman–Crippen LogP) is 3.98. The van der Waals surface area contributed by atoms with Crippen molar-refractivity contribution in [3.63, 3.8) is 0 Å². The molecule has 4 rings (SSSR count). The van der Waals surface area contributed by atoms with Crippen molar-refractivity contribution in [2.24, 2.45) is 0 Å². The third-order valence-corrected chi connectivity index (χ3v) is 6.07. The molecule has 6 heteroatoms. The number of hydrogen-bond donors (Lipinski definition) is 1. The van der Waals surface area contributed by atoms with Crippen molar-refractivity contribution in [3.8, 4) is 11.5 Å². The Hall–Kier alpha value is -2.83. The zero-order valence-electron chi connectivity index (χ0n) is 19.2. The van der Waals surface area contributed by atoms with Crippen LogP contribution in [0, 0.1) is 13.8 Å². The maximum absolute atomic E-state index is 11.1. The lowest BCUT2D eigenvalue weighted by molar-refractivity contribution is -0.0993. The Morgan fingerprint density at radius 3 is 2.62 bits per heavy atom. The van der Waals surface area contributed by atoms with Crippen LogP contribution in [0.3, 0.4) is 0 Å². The Morgan fingerprint density at radius 2 is 1.94 bits per heavy atom. The van der Waals surface area contributed by atoms with Crippen molar-refractivity contribution in [1.29, 1.82) is 0 Å². The molecule has 0 bridgehead atoms. The van der Waals surface area contributed by atoms with E-state index in [2.05, 4.69) is 26.6 Å². The van der Waals surface area contributed by atoms with Gasteiger partial charge in [-0.05, 0) is 62.6 Å². The summed E-state index contributed by atoms with van der Waals surface area (Å²) in [6.45, 7) is 9.55. The average Bonchev–Trinajstić information content (AvgIpc) is 3.16. The van der Waals surface area contributed by atoms with Crippen LogP contribution in [0.1, 0.15) is 30.3 Å². The number of β-amino-alcohol motifs (C(OH)–C–C–N with tert-alkyl or cyclic N) is 1. The number of ether oxygens (including phenoxy) is 2. The van der Waals surface area contributed by atoms with Gasteiger partial charge < -0.3 is 19.1 Å². The standard InChI is InChI=1S/C26H33N3O3/c1-20-5-4-6-24(17-20)32-25-11-13-28(19-26(25,3)30)18-22-7-9-23(10-8-22)31-16-15-29-14-12-27-21(29)2/h4-10,12,14,17,25,30H,11,13,15-16,18-19H2,1-3H3/t25-,26-/m0/s1. The minimum atomic E-state index is -0.906. The summed E-state index contributed by atoms with van der Waals surface area (Å²) < 4.78 is 14.1. The number of piperidine rings is 1. The maximum atomic E-state index is 11.1. The molecule has 2 heterocycles. The highest BCUT2D eigenvalue weighted by molar-refractivity contribution is 5.29. The van der Waals surface area contributed by atoms with Crippen LogP contribution < -0.4 is 9.47 Å². The smallest absolute Gasteiger partial charge is 0.129 e. The molecule has 1 N–H and O–H groups in total. The molecule has 1 aliphatic rings. The quantitative estimate of drug-likeness (QED) is 0.580. The normalized spacial score (nSPS) is 21.4. The van der Waals surface area contributed by atoms with Crippen LogP contribution in [-0.4, -0.2) is 51.0 Å². The van der Waals surface area contributed by atoms with Crippen molar-refractivity contribution in [3.05, 3.63) is 77.9 Å². The molecular formula is C26H33N3O3. The highest BCUT2D eigenvalue weighted by Gasteiger charge is 2.39. The Labute approximate surface area is 190 Å². The van der Waals surface area contributed by atoms with E-state index in [9.17, 15) is 5.11 Å². The van der Waals surface area contributed by atoms with Crippen LogP contribution in [0.4, 0.5) is 0 Å². The highest BCUT2D eigenvalue weighted by atomic mass is 16.5. The minimum Gasteiger partial charge on any atom is -0.492 e. The fraction of sp³-hybridized carbons (Fsp3) is 0.423. The predicted molar refractivity (Wildman–Crippen MR) is 125 cm³/mol. The van der Waals surface area contributed by atoms with Gasteiger partial charge in [-0.3, -0.25) is 4.90 Å². The highest BCUT2D eigenvalue weighted by Crippen LogP contribution is 2.28. The number of hydrogen-bond acceptors (Lipinski definition) is 5. The second kappa shape index (κ2) is 9.76. The molecule has 0 radical (unpaired) electrons. The Bertz CT molecular complexity index is 1010. The SMILES string of the molecule is Cc1cccc(O[C@H]2CCN(Cc3ccc(OCCn4ccnc4C)cc3)C[C@]2(C)O)c1. The van der Waals surface area contributed by atoms with E-state index in [0.717, 1.165) is 48.9 Å². The first kappa shape index (κ1) is 22.4. The first-order valence-electron chi connectivity index (χ1n) is 11.3. The van der Waals surface area contributed by atoms with E-state index in [-0.39, 0.29) is 6.10 Å². The fourth-order valence-electron chi connectivity index (χ4n) is 4.27. The molecule has 32 heavy (non-hydrogen) atoms. The summed E-state index contributed by atoms with van der Waals surface area (Å²) in [6.07, 6.45) is 4.34. The Balaban J connectivity index is 1.27. The van der Waals surface area contributed by atoms with E-state index < -0.39 is 5.60 Å². The molecule has 1 fully saturated rings. The monoisotopic (exact) mass is 435 g/mol. The van der Waals surface area contributed by atoms with Gasteiger partial charge in [0.1, 0.15) is 35.6 Å². The number of rotatable bonds is 8. The number of aliphatic hydroxyl groups is 1. The van der Waals surface area contributed by atoms with Gasteiger partial charge in [-0.25, -0.2) is 4.98 Å². The van der Waals surface area contributed by atoms with Crippen LogP contribution in [0.2, 0.25) is 0 Å². The van der Waals surface area contributed by atoms with Crippen LogP contribution in [-0.2, 0) is 13.1 Å². The molecule has 0 amide bonds. The lowest BCUT2D eigenvalue weighted by Gasteiger charge is -2.42. The molecule has 2 aromatic carbocycles. The molecule has 6 nitrogen and oxygen atoms in total. The van der Waals surface area contributed by atoms with Gasteiger partial charge in [-0.15, -0.1) is 0 Å². The molecule has 0 spiro atoms. The molecule has 1 aliphatic heterocycles. The number of aryl methyl sites for hydroxylation is 2. The van der Waals surface area contributed by atoms with E-state index in [1.54, 1.807) is 6.20 Å². The third-order valence-electron chi connectivity index (χ3n) is 6.07. The van der Waals surface area contributed by atoms with Gasteiger partial charge >= 0.3 is 0 Å². The van der Waals surface area contributed by atoms with Gasteiger partial charge in [-0.2, -0.15) is 0 Å². The van der Waals surface area contributed by atoms with Crippen molar-refractivity contribution in [1.82, 2.24) is 14.5 Å².